The van der Waals surface area contributed by atoms with Gasteiger partial charge in [0.1, 0.15) is 11.6 Å². The quantitative estimate of drug-likeness (QED) is 0.631. The van der Waals surface area contributed by atoms with Crippen LogP contribution in [0.5, 0.6) is 0 Å². The summed E-state index contributed by atoms with van der Waals surface area (Å²) in [4.78, 5) is 35.9. The number of hydrogen-bond acceptors (Lipinski definition) is 5. The highest BCUT2D eigenvalue weighted by atomic mass is 16.2. The molecule has 1 aliphatic heterocycles. The second-order valence-corrected chi connectivity index (χ2v) is 7.81. The normalized spacial score (nSPS) is 14.3. The first kappa shape index (κ1) is 19.9. The number of hydrogen-bond donors (Lipinski definition) is 0. The second kappa shape index (κ2) is 8.57. The molecule has 0 bridgehead atoms. The molecule has 7 nitrogen and oxygen atoms in total. The van der Waals surface area contributed by atoms with E-state index in [1.807, 2.05) is 48.9 Å². The maximum Gasteiger partial charge on any atom is 0.228 e. The number of Topliss-reactive ketones (excluding diaryl/α,β-unsaturated/α-hetero) is 1. The Labute approximate surface area is 175 Å². The average molecular weight is 403 g/mol. The van der Waals surface area contributed by atoms with Crippen LogP contribution in [0.3, 0.4) is 0 Å². The van der Waals surface area contributed by atoms with Crippen LogP contribution in [0.15, 0.2) is 48.9 Å². The van der Waals surface area contributed by atoms with Crippen LogP contribution in [0.1, 0.15) is 31.0 Å². The molecule has 7 heteroatoms. The van der Waals surface area contributed by atoms with Crippen LogP contribution >= 0.6 is 0 Å². The van der Waals surface area contributed by atoms with Crippen molar-refractivity contribution in [1.29, 1.82) is 0 Å². The highest BCUT2D eigenvalue weighted by Crippen LogP contribution is 2.24. The van der Waals surface area contributed by atoms with Crippen molar-refractivity contribution in [3.63, 3.8) is 0 Å². The number of nitrogens with zero attached hydrogens (tertiary/aromatic N) is 5. The Morgan fingerprint density at radius 1 is 1.17 bits per heavy atom. The van der Waals surface area contributed by atoms with E-state index in [1.165, 1.54) is 0 Å². The molecular formula is C23H25N5O2. The first-order valence-electron chi connectivity index (χ1n) is 10.2. The molecule has 0 aliphatic carbocycles. The Kier molecular flexibility index (Phi) is 5.70. The Balaban J connectivity index is 1.37. The smallest absolute Gasteiger partial charge is 0.228 e. The fraction of sp³-hybridized carbons (Fsp3) is 0.348. The van der Waals surface area contributed by atoms with E-state index < -0.39 is 0 Å². The van der Waals surface area contributed by atoms with E-state index in [0.717, 1.165) is 41.3 Å². The second-order valence-electron chi connectivity index (χ2n) is 7.81. The van der Waals surface area contributed by atoms with Gasteiger partial charge >= 0.3 is 0 Å². The van der Waals surface area contributed by atoms with Gasteiger partial charge in [-0.25, -0.2) is 4.68 Å². The minimum Gasteiger partial charge on any atom is -0.299 e. The molecule has 3 aromatic rings. The van der Waals surface area contributed by atoms with Crippen LogP contribution in [0, 0.1) is 12.8 Å². The molecule has 30 heavy (non-hydrogen) atoms. The molecule has 1 amide bonds. The van der Waals surface area contributed by atoms with Gasteiger partial charge in [-0.1, -0.05) is 13.0 Å². The van der Waals surface area contributed by atoms with Crippen molar-refractivity contribution >= 4 is 17.5 Å². The van der Waals surface area contributed by atoms with E-state index in [1.54, 1.807) is 23.5 Å². The van der Waals surface area contributed by atoms with Gasteiger partial charge in [0.05, 0.1) is 11.4 Å². The van der Waals surface area contributed by atoms with E-state index in [2.05, 4.69) is 15.1 Å². The number of anilines is 1. The molecule has 4 heterocycles. The van der Waals surface area contributed by atoms with E-state index in [9.17, 15) is 9.59 Å². The Bertz CT molecular complexity index is 1040. The van der Waals surface area contributed by atoms with E-state index in [-0.39, 0.29) is 30.4 Å². The van der Waals surface area contributed by atoms with Gasteiger partial charge in [-0.05, 0) is 37.1 Å². The van der Waals surface area contributed by atoms with Gasteiger partial charge in [0, 0.05) is 62.1 Å². The summed E-state index contributed by atoms with van der Waals surface area (Å²) < 4.78 is 1.87. The minimum absolute atomic E-state index is 0.0262. The lowest BCUT2D eigenvalue weighted by Crippen LogP contribution is -2.38. The molecule has 0 spiro atoms. The summed E-state index contributed by atoms with van der Waals surface area (Å²) in [5.74, 6) is 0.496. The molecule has 1 aliphatic rings. The number of rotatable bonds is 6. The number of carbonyl (C=O) groups is 2. The molecule has 0 aromatic carbocycles. The third kappa shape index (κ3) is 4.30. The molecule has 0 fully saturated rings. The van der Waals surface area contributed by atoms with Crippen LogP contribution in [0.4, 0.5) is 5.82 Å². The number of aromatic nitrogens is 4. The number of amides is 1. The lowest BCUT2D eigenvalue weighted by Gasteiger charge is -2.28. The summed E-state index contributed by atoms with van der Waals surface area (Å²) in [6.45, 7) is 5.24. The molecule has 1 atom stereocenters. The first-order chi connectivity index (χ1) is 14.5. The third-order valence-electron chi connectivity index (χ3n) is 5.40. The summed E-state index contributed by atoms with van der Waals surface area (Å²) in [5, 5.41) is 4.43. The summed E-state index contributed by atoms with van der Waals surface area (Å²) >= 11 is 0. The Morgan fingerprint density at radius 3 is 2.77 bits per heavy atom. The zero-order valence-electron chi connectivity index (χ0n) is 17.3. The van der Waals surface area contributed by atoms with Crippen LogP contribution in [0.2, 0.25) is 0 Å². The van der Waals surface area contributed by atoms with Crippen molar-refractivity contribution < 1.29 is 9.59 Å². The van der Waals surface area contributed by atoms with Gasteiger partial charge in [0.15, 0.2) is 0 Å². The van der Waals surface area contributed by atoms with Crippen molar-refractivity contribution in [3.8, 4) is 11.3 Å². The summed E-state index contributed by atoms with van der Waals surface area (Å²) in [7, 11) is 0. The van der Waals surface area contributed by atoms with Crippen molar-refractivity contribution in [2.45, 2.75) is 39.7 Å². The highest BCUT2D eigenvalue weighted by molar-refractivity contribution is 5.96. The molecule has 0 radical (unpaired) electrons. The number of ketones is 1. The van der Waals surface area contributed by atoms with Crippen molar-refractivity contribution in [2.75, 3.05) is 11.4 Å². The number of pyridine rings is 2. The van der Waals surface area contributed by atoms with E-state index in [0.29, 0.717) is 6.54 Å². The average Bonchev–Trinajstić information content (AvgIpc) is 3.15. The highest BCUT2D eigenvalue weighted by Gasteiger charge is 2.27. The zero-order valence-corrected chi connectivity index (χ0v) is 17.3. The Hall–Kier alpha value is -3.35. The summed E-state index contributed by atoms with van der Waals surface area (Å²) in [6.07, 6.45) is 6.54. The monoisotopic (exact) mass is 403 g/mol. The topological polar surface area (TPSA) is 81.0 Å². The minimum atomic E-state index is -0.352. The van der Waals surface area contributed by atoms with Gasteiger partial charge < -0.3 is 0 Å². The van der Waals surface area contributed by atoms with Crippen LogP contribution < -0.4 is 4.90 Å². The molecule has 3 aromatic heterocycles. The van der Waals surface area contributed by atoms with Gasteiger partial charge in [-0.15, -0.1) is 0 Å². The number of fused-ring (bicyclic) bond motifs is 1. The maximum absolute atomic E-state index is 12.9. The van der Waals surface area contributed by atoms with Crippen LogP contribution in [0.25, 0.3) is 11.3 Å². The largest absolute Gasteiger partial charge is 0.299 e. The summed E-state index contributed by atoms with van der Waals surface area (Å²) in [6, 6.07) is 9.55. The summed E-state index contributed by atoms with van der Waals surface area (Å²) in [5.41, 5.74) is 3.50. The molecular weight excluding hydrogens is 378 g/mol. The lowest BCUT2D eigenvalue weighted by molar-refractivity contribution is -0.127. The fourth-order valence-electron chi connectivity index (χ4n) is 3.73. The predicted octanol–water partition coefficient (Wildman–Crippen LogP) is 3.22. The van der Waals surface area contributed by atoms with Crippen molar-refractivity contribution in [3.05, 3.63) is 60.2 Å². The molecule has 0 saturated heterocycles. The SMILES string of the molecule is Cc1cc2n(n1)CCCN2C(=O)CC(C)C(=O)Cc1ccc(-c2cccnc2)nc1. The molecule has 0 saturated carbocycles. The standard InChI is InChI=1S/C23H25N5O2/c1-16(11-23(30)27-9-4-10-28-22(27)12-17(2)26-28)21(29)13-18-6-7-20(25-14-18)19-5-3-8-24-15-19/h3,5-8,12,14-16H,4,9-11,13H2,1-2H3. The third-order valence-corrected chi connectivity index (χ3v) is 5.40. The fourth-order valence-corrected chi connectivity index (χ4v) is 3.73. The Morgan fingerprint density at radius 2 is 2.03 bits per heavy atom. The van der Waals surface area contributed by atoms with Crippen molar-refractivity contribution in [2.24, 2.45) is 5.92 Å². The van der Waals surface area contributed by atoms with Crippen LogP contribution in [-0.2, 0) is 22.6 Å². The van der Waals surface area contributed by atoms with Crippen LogP contribution in [-0.4, -0.2) is 38.0 Å². The number of carbonyl (C=O) groups excluding carboxylic acids is 2. The first-order valence-corrected chi connectivity index (χ1v) is 10.2. The lowest BCUT2D eigenvalue weighted by atomic mass is 9.96. The number of aryl methyl sites for hydroxylation is 2. The molecule has 4 rings (SSSR count). The molecule has 0 N–H and O–H groups in total. The van der Waals surface area contributed by atoms with Gasteiger partial charge in [-0.3, -0.25) is 24.5 Å². The maximum atomic E-state index is 12.9. The predicted molar refractivity (Wildman–Crippen MR) is 114 cm³/mol. The zero-order chi connectivity index (χ0) is 21.1. The van der Waals surface area contributed by atoms with Gasteiger partial charge in [0.2, 0.25) is 5.91 Å². The van der Waals surface area contributed by atoms with Gasteiger partial charge in [-0.2, -0.15) is 5.10 Å². The van der Waals surface area contributed by atoms with Gasteiger partial charge in [0.25, 0.3) is 0 Å². The molecule has 154 valence electrons. The van der Waals surface area contributed by atoms with Crippen molar-refractivity contribution in [1.82, 2.24) is 19.7 Å². The van der Waals surface area contributed by atoms with E-state index in [4.69, 9.17) is 0 Å². The molecule has 1 unspecified atom stereocenters. The van der Waals surface area contributed by atoms with E-state index >= 15 is 0 Å².